The summed E-state index contributed by atoms with van der Waals surface area (Å²) >= 11 is 0. The van der Waals surface area contributed by atoms with Crippen molar-refractivity contribution in [3.63, 3.8) is 0 Å². The van der Waals surface area contributed by atoms with Gasteiger partial charge >= 0.3 is 0 Å². The summed E-state index contributed by atoms with van der Waals surface area (Å²) in [6, 6.07) is 10.2. The number of pyridine rings is 1. The third-order valence-electron chi connectivity index (χ3n) is 6.45. The van der Waals surface area contributed by atoms with Gasteiger partial charge in [-0.2, -0.15) is 0 Å². The number of anilines is 1. The Morgan fingerprint density at radius 3 is 2.78 bits per heavy atom. The highest BCUT2D eigenvalue weighted by atomic mass is 16.5. The van der Waals surface area contributed by atoms with Crippen molar-refractivity contribution in [2.45, 2.75) is 58.5 Å². The predicted molar refractivity (Wildman–Crippen MR) is 124 cm³/mol. The number of nitrogens with one attached hydrogen (secondary N) is 1. The molecule has 0 aliphatic carbocycles. The number of likely N-dealkylation sites (tertiary alicyclic amines) is 1. The van der Waals surface area contributed by atoms with E-state index in [4.69, 9.17) is 4.74 Å². The van der Waals surface area contributed by atoms with E-state index in [1.165, 1.54) is 24.2 Å². The van der Waals surface area contributed by atoms with Gasteiger partial charge in [0.1, 0.15) is 12.1 Å². The van der Waals surface area contributed by atoms with Gasteiger partial charge in [-0.05, 0) is 69.9 Å². The quantitative estimate of drug-likeness (QED) is 0.695. The molecular formula is C25H32N4O3. The molecule has 2 aliphatic rings. The van der Waals surface area contributed by atoms with Crippen molar-refractivity contribution in [3.8, 4) is 11.6 Å². The van der Waals surface area contributed by atoms with Crippen LogP contribution in [0.5, 0.6) is 11.6 Å². The maximum Gasteiger partial charge on any atom is 0.264 e. The SMILES string of the molecule is Cc1ccc2c(c1)N(CC(=O)NCCCN1C(C)CCCC1C)C(=O)c1cccnc1O2. The van der Waals surface area contributed by atoms with Gasteiger partial charge in [-0.25, -0.2) is 4.98 Å². The molecule has 1 aromatic carbocycles. The molecule has 2 unspecified atom stereocenters. The summed E-state index contributed by atoms with van der Waals surface area (Å²) < 4.78 is 5.91. The summed E-state index contributed by atoms with van der Waals surface area (Å²) in [4.78, 5) is 34.3. The summed E-state index contributed by atoms with van der Waals surface area (Å²) in [5.74, 6) is 0.305. The third kappa shape index (κ3) is 4.78. The van der Waals surface area contributed by atoms with Gasteiger partial charge in [0, 0.05) is 31.4 Å². The van der Waals surface area contributed by atoms with E-state index in [1.807, 2.05) is 25.1 Å². The Bertz CT molecular complexity index is 983. The number of ether oxygens (including phenoxy) is 1. The minimum Gasteiger partial charge on any atom is -0.436 e. The first-order chi connectivity index (χ1) is 15.4. The Balaban J connectivity index is 1.41. The minimum atomic E-state index is -0.288. The maximum atomic E-state index is 13.3. The Kier molecular flexibility index (Phi) is 6.74. The molecule has 32 heavy (non-hydrogen) atoms. The summed E-state index contributed by atoms with van der Waals surface area (Å²) in [5, 5.41) is 2.99. The fourth-order valence-electron chi connectivity index (χ4n) is 4.68. The van der Waals surface area contributed by atoms with Gasteiger partial charge in [-0.1, -0.05) is 12.5 Å². The van der Waals surface area contributed by atoms with Crippen LogP contribution >= 0.6 is 0 Å². The zero-order valence-electron chi connectivity index (χ0n) is 19.1. The van der Waals surface area contributed by atoms with Crippen LogP contribution in [0.2, 0.25) is 0 Å². The van der Waals surface area contributed by atoms with E-state index in [2.05, 4.69) is 29.0 Å². The van der Waals surface area contributed by atoms with Crippen molar-refractivity contribution in [3.05, 3.63) is 47.7 Å². The van der Waals surface area contributed by atoms with Crippen molar-refractivity contribution < 1.29 is 14.3 Å². The molecule has 7 heteroatoms. The first-order valence-electron chi connectivity index (χ1n) is 11.5. The van der Waals surface area contributed by atoms with E-state index in [-0.39, 0.29) is 24.2 Å². The number of fused-ring (bicyclic) bond motifs is 2. The number of aromatic nitrogens is 1. The van der Waals surface area contributed by atoms with E-state index in [0.29, 0.717) is 35.6 Å². The van der Waals surface area contributed by atoms with E-state index in [9.17, 15) is 9.59 Å². The van der Waals surface area contributed by atoms with Crippen LogP contribution in [-0.4, -0.2) is 53.4 Å². The Labute approximate surface area is 189 Å². The molecule has 0 spiro atoms. The van der Waals surface area contributed by atoms with Crippen molar-refractivity contribution in [2.75, 3.05) is 24.5 Å². The second-order valence-electron chi connectivity index (χ2n) is 8.89. The summed E-state index contributed by atoms with van der Waals surface area (Å²) in [5.41, 5.74) is 1.91. The number of amides is 2. The fourth-order valence-corrected chi connectivity index (χ4v) is 4.68. The van der Waals surface area contributed by atoms with E-state index in [1.54, 1.807) is 18.3 Å². The van der Waals surface area contributed by atoms with Crippen molar-refractivity contribution in [1.29, 1.82) is 0 Å². The molecular weight excluding hydrogens is 404 g/mol. The van der Waals surface area contributed by atoms with Gasteiger partial charge in [0.15, 0.2) is 5.75 Å². The standard InChI is InChI=1S/C25H32N4O3/c1-17-10-11-22-21(15-17)29(25(31)20-9-5-12-27-24(20)32-22)16-23(30)26-13-6-14-28-18(2)7-4-8-19(28)3/h5,9-12,15,18-19H,4,6-8,13-14,16H2,1-3H3,(H,26,30). The second-order valence-corrected chi connectivity index (χ2v) is 8.89. The zero-order valence-corrected chi connectivity index (χ0v) is 19.1. The van der Waals surface area contributed by atoms with E-state index in [0.717, 1.165) is 18.5 Å². The Hall–Kier alpha value is -2.93. The lowest BCUT2D eigenvalue weighted by Gasteiger charge is -2.39. The lowest BCUT2D eigenvalue weighted by molar-refractivity contribution is -0.119. The van der Waals surface area contributed by atoms with Gasteiger partial charge in [-0.3, -0.25) is 19.4 Å². The van der Waals surface area contributed by atoms with E-state index < -0.39 is 0 Å². The van der Waals surface area contributed by atoms with Crippen LogP contribution in [-0.2, 0) is 4.79 Å². The van der Waals surface area contributed by atoms with Crippen LogP contribution in [0, 0.1) is 6.92 Å². The molecule has 2 atom stereocenters. The number of piperidine rings is 1. The van der Waals surface area contributed by atoms with Gasteiger partial charge in [0.05, 0.1) is 5.69 Å². The highest BCUT2D eigenvalue weighted by Gasteiger charge is 2.30. The van der Waals surface area contributed by atoms with Crippen LogP contribution in [0.1, 0.15) is 55.5 Å². The molecule has 1 fully saturated rings. The number of hydrogen-bond acceptors (Lipinski definition) is 5. The molecule has 0 saturated carbocycles. The highest BCUT2D eigenvalue weighted by molar-refractivity contribution is 6.11. The van der Waals surface area contributed by atoms with Crippen molar-refractivity contribution >= 4 is 17.5 Å². The minimum absolute atomic E-state index is 0.0660. The second kappa shape index (κ2) is 9.69. The summed E-state index contributed by atoms with van der Waals surface area (Å²) in [6.07, 6.45) is 6.26. The molecule has 3 heterocycles. The van der Waals surface area contributed by atoms with Crippen LogP contribution in [0.4, 0.5) is 5.69 Å². The third-order valence-corrected chi connectivity index (χ3v) is 6.45. The molecule has 2 aromatic rings. The number of aryl methyl sites for hydroxylation is 1. The van der Waals surface area contributed by atoms with Crippen molar-refractivity contribution in [1.82, 2.24) is 15.2 Å². The zero-order chi connectivity index (χ0) is 22.7. The normalized spacial score (nSPS) is 20.7. The number of carbonyl (C=O) groups is 2. The number of benzene rings is 1. The highest BCUT2D eigenvalue weighted by Crippen LogP contribution is 2.38. The average molecular weight is 437 g/mol. The molecule has 2 amide bonds. The first kappa shape index (κ1) is 22.3. The van der Waals surface area contributed by atoms with Crippen LogP contribution < -0.4 is 15.0 Å². The average Bonchev–Trinajstić information content (AvgIpc) is 2.88. The van der Waals surface area contributed by atoms with Gasteiger partial charge in [-0.15, -0.1) is 0 Å². The Morgan fingerprint density at radius 1 is 1.22 bits per heavy atom. The van der Waals surface area contributed by atoms with Gasteiger partial charge in [0.2, 0.25) is 11.8 Å². The van der Waals surface area contributed by atoms with E-state index >= 15 is 0 Å². The summed E-state index contributed by atoms with van der Waals surface area (Å²) in [7, 11) is 0. The van der Waals surface area contributed by atoms with Gasteiger partial charge < -0.3 is 10.1 Å². The topological polar surface area (TPSA) is 74.8 Å². The molecule has 1 N–H and O–H groups in total. The predicted octanol–water partition coefficient (Wildman–Crippen LogP) is 3.91. The van der Waals surface area contributed by atoms with Gasteiger partial charge in [0.25, 0.3) is 5.91 Å². The maximum absolute atomic E-state index is 13.3. The fraction of sp³-hybridized carbons (Fsp3) is 0.480. The molecule has 0 bridgehead atoms. The molecule has 7 nitrogen and oxygen atoms in total. The molecule has 0 radical (unpaired) electrons. The Morgan fingerprint density at radius 2 is 2.00 bits per heavy atom. The molecule has 1 aromatic heterocycles. The van der Waals surface area contributed by atoms with Crippen LogP contribution in [0.15, 0.2) is 36.5 Å². The lowest BCUT2D eigenvalue weighted by Crippen LogP contribution is -2.45. The summed E-state index contributed by atoms with van der Waals surface area (Å²) in [6.45, 7) is 8.01. The number of carbonyl (C=O) groups excluding carboxylic acids is 2. The largest absolute Gasteiger partial charge is 0.436 e. The smallest absolute Gasteiger partial charge is 0.264 e. The number of rotatable bonds is 6. The van der Waals surface area contributed by atoms with Crippen LogP contribution in [0.3, 0.4) is 0 Å². The molecule has 170 valence electrons. The first-order valence-corrected chi connectivity index (χ1v) is 11.5. The lowest BCUT2D eigenvalue weighted by atomic mass is 9.97. The number of nitrogens with zero attached hydrogens (tertiary/aromatic N) is 3. The molecule has 4 rings (SSSR count). The van der Waals surface area contributed by atoms with Crippen LogP contribution in [0.25, 0.3) is 0 Å². The van der Waals surface area contributed by atoms with Crippen molar-refractivity contribution in [2.24, 2.45) is 0 Å². The monoisotopic (exact) mass is 436 g/mol. The molecule has 2 aliphatic heterocycles. The number of hydrogen-bond donors (Lipinski definition) is 1. The molecule has 1 saturated heterocycles.